The lowest BCUT2D eigenvalue weighted by atomic mass is 9.89. The lowest BCUT2D eigenvalue weighted by Crippen LogP contribution is -2.47. The van der Waals surface area contributed by atoms with E-state index in [0.717, 1.165) is 64.3 Å². The molecule has 1 N–H and O–H groups in total. The fraction of sp³-hybridized carbons (Fsp3) is 0.667. The van der Waals surface area contributed by atoms with Crippen LogP contribution in [-0.2, 0) is 4.79 Å². The Bertz CT molecular complexity index is 564. The molecule has 5 nitrogen and oxygen atoms in total. The highest BCUT2D eigenvalue weighted by molar-refractivity contribution is 5.78. The van der Waals surface area contributed by atoms with Crippen LogP contribution in [0.2, 0.25) is 0 Å². The second-order valence-electron chi connectivity index (χ2n) is 7.48. The largest absolute Gasteiger partial charge is 0.495 e. The predicted molar refractivity (Wildman–Crippen MR) is 106 cm³/mol. The highest BCUT2D eigenvalue weighted by atomic mass is 16.5. The molecule has 2 aliphatic rings. The summed E-state index contributed by atoms with van der Waals surface area (Å²) in [5, 5.41) is 3.15. The van der Waals surface area contributed by atoms with Crippen LogP contribution in [0.1, 0.15) is 38.5 Å². The Morgan fingerprint density at radius 2 is 1.85 bits per heavy atom. The molecule has 1 aliphatic carbocycles. The fourth-order valence-corrected chi connectivity index (χ4v) is 4.13. The number of rotatable bonds is 7. The number of nitrogens with one attached hydrogen (secondary N) is 1. The van der Waals surface area contributed by atoms with Crippen LogP contribution in [0.15, 0.2) is 24.3 Å². The molecule has 0 aromatic heterocycles. The Kier molecular flexibility index (Phi) is 7.18. The first-order chi connectivity index (χ1) is 12.8. The highest BCUT2D eigenvalue weighted by Crippen LogP contribution is 2.28. The number of benzene rings is 1. The van der Waals surface area contributed by atoms with Crippen LogP contribution in [-0.4, -0.2) is 57.2 Å². The van der Waals surface area contributed by atoms with Gasteiger partial charge < -0.3 is 15.0 Å². The van der Waals surface area contributed by atoms with E-state index in [0.29, 0.717) is 0 Å². The molecule has 0 bridgehead atoms. The van der Waals surface area contributed by atoms with Gasteiger partial charge in [-0.1, -0.05) is 31.4 Å². The van der Waals surface area contributed by atoms with Crippen LogP contribution in [0, 0.1) is 5.92 Å². The molecule has 1 amide bonds. The van der Waals surface area contributed by atoms with Crippen LogP contribution >= 0.6 is 0 Å². The smallest absolute Gasteiger partial charge is 0.223 e. The van der Waals surface area contributed by atoms with Crippen LogP contribution < -0.4 is 15.0 Å². The summed E-state index contributed by atoms with van der Waals surface area (Å²) in [7, 11) is 1.73. The molecule has 0 spiro atoms. The van der Waals surface area contributed by atoms with Crippen LogP contribution in [0.3, 0.4) is 0 Å². The summed E-state index contributed by atoms with van der Waals surface area (Å²) in [5.41, 5.74) is 1.19. The molecule has 1 saturated carbocycles. The second kappa shape index (κ2) is 9.81. The average Bonchev–Trinajstić information content (AvgIpc) is 2.72. The van der Waals surface area contributed by atoms with Gasteiger partial charge in [-0.25, -0.2) is 0 Å². The maximum atomic E-state index is 12.2. The van der Waals surface area contributed by atoms with Crippen molar-refractivity contribution in [2.75, 3.05) is 51.3 Å². The topological polar surface area (TPSA) is 44.8 Å². The van der Waals surface area contributed by atoms with E-state index in [1.807, 2.05) is 12.1 Å². The summed E-state index contributed by atoms with van der Waals surface area (Å²) < 4.78 is 5.48. The molecule has 1 heterocycles. The third-order valence-electron chi connectivity index (χ3n) is 5.72. The monoisotopic (exact) mass is 359 g/mol. The first-order valence-electron chi connectivity index (χ1n) is 10.2. The van der Waals surface area contributed by atoms with E-state index in [-0.39, 0.29) is 11.8 Å². The maximum Gasteiger partial charge on any atom is 0.223 e. The molecular formula is C21H33N3O2. The number of ether oxygens (including phenoxy) is 1. The lowest BCUT2D eigenvalue weighted by molar-refractivity contribution is -0.125. The van der Waals surface area contributed by atoms with Gasteiger partial charge in [0.1, 0.15) is 5.75 Å². The van der Waals surface area contributed by atoms with Gasteiger partial charge in [-0.3, -0.25) is 9.69 Å². The van der Waals surface area contributed by atoms with Gasteiger partial charge in [0.25, 0.3) is 0 Å². The highest BCUT2D eigenvalue weighted by Gasteiger charge is 2.21. The van der Waals surface area contributed by atoms with Gasteiger partial charge in [0.15, 0.2) is 0 Å². The molecular weight excluding hydrogens is 326 g/mol. The molecule has 0 radical (unpaired) electrons. The van der Waals surface area contributed by atoms with Crippen molar-refractivity contribution in [3.05, 3.63) is 24.3 Å². The van der Waals surface area contributed by atoms with E-state index in [1.165, 1.54) is 24.9 Å². The van der Waals surface area contributed by atoms with Gasteiger partial charge in [-0.05, 0) is 37.9 Å². The predicted octanol–water partition coefficient (Wildman–Crippen LogP) is 2.90. The van der Waals surface area contributed by atoms with E-state index in [1.54, 1.807) is 7.11 Å². The quantitative estimate of drug-likeness (QED) is 0.761. The number of piperazine rings is 1. The number of hydrogen-bond donors (Lipinski definition) is 1. The van der Waals surface area contributed by atoms with Crippen molar-refractivity contribution in [1.29, 1.82) is 0 Å². The average molecular weight is 360 g/mol. The number of hydrogen-bond acceptors (Lipinski definition) is 4. The third-order valence-corrected chi connectivity index (χ3v) is 5.72. The number of anilines is 1. The number of nitrogens with zero attached hydrogens (tertiary/aromatic N) is 2. The normalized spacial score (nSPS) is 19.3. The fourth-order valence-electron chi connectivity index (χ4n) is 4.13. The Balaban J connectivity index is 1.33. The molecule has 3 rings (SSSR count). The van der Waals surface area contributed by atoms with Gasteiger partial charge in [-0.15, -0.1) is 0 Å². The zero-order chi connectivity index (χ0) is 18.2. The molecule has 1 aromatic rings. The Morgan fingerprint density at radius 3 is 2.58 bits per heavy atom. The number of carbonyl (C=O) groups excluding carboxylic acids is 1. The van der Waals surface area contributed by atoms with Crippen molar-refractivity contribution in [3.63, 3.8) is 0 Å². The minimum absolute atomic E-state index is 0.271. The van der Waals surface area contributed by atoms with Crippen molar-refractivity contribution in [1.82, 2.24) is 10.2 Å². The summed E-state index contributed by atoms with van der Waals surface area (Å²) in [6.45, 7) is 6.04. The number of para-hydroxylation sites is 2. The molecule has 5 heteroatoms. The Labute approximate surface area is 157 Å². The molecule has 2 fully saturated rings. The van der Waals surface area contributed by atoms with Gasteiger partial charge in [0.05, 0.1) is 12.8 Å². The van der Waals surface area contributed by atoms with Crippen molar-refractivity contribution < 1.29 is 9.53 Å². The number of carbonyl (C=O) groups is 1. The zero-order valence-corrected chi connectivity index (χ0v) is 16.1. The number of methoxy groups -OCH3 is 1. The summed E-state index contributed by atoms with van der Waals surface area (Å²) in [6, 6.07) is 8.24. The first kappa shape index (κ1) is 19.0. The van der Waals surface area contributed by atoms with Crippen molar-refractivity contribution >= 4 is 11.6 Å². The Morgan fingerprint density at radius 1 is 1.12 bits per heavy atom. The number of amides is 1. The summed E-state index contributed by atoms with van der Waals surface area (Å²) in [5.74, 6) is 1.50. The van der Waals surface area contributed by atoms with Crippen LogP contribution in [0.25, 0.3) is 0 Å². The van der Waals surface area contributed by atoms with Crippen molar-refractivity contribution in [2.45, 2.75) is 38.5 Å². The van der Waals surface area contributed by atoms with Gasteiger partial charge in [-0.2, -0.15) is 0 Å². The molecule has 26 heavy (non-hydrogen) atoms. The third kappa shape index (κ3) is 5.13. The molecule has 0 atom stereocenters. The molecule has 1 saturated heterocycles. The van der Waals surface area contributed by atoms with E-state index in [9.17, 15) is 4.79 Å². The molecule has 144 valence electrons. The van der Waals surface area contributed by atoms with Crippen LogP contribution in [0.5, 0.6) is 5.75 Å². The van der Waals surface area contributed by atoms with Crippen LogP contribution in [0.4, 0.5) is 5.69 Å². The summed E-state index contributed by atoms with van der Waals surface area (Å²) in [6.07, 6.45) is 6.92. The van der Waals surface area contributed by atoms with E-state index >= 15 is 0 Å². The van der Waals surface area contributed by atoms with E-state index in [2.05, 4.69) is 27.2 Å². The summed E-state index contributed by atoms with van der Waals surface area (Å²) in [4.78, 5) is 17.1. The maximum absolute atomic E-state index is 12.2. The van der Waals surface area contributed by atoms with Gasteiger partial charge >= 0.3 is 0 Å². The van der Waals surface area contributed by atoms with Crippen molar-refractivity contribution in [3.8, 4) is 5.75 Å². The summed E-state index contributed by atoms with van der Waals surface area (Å²) >= 11 is 0. The lowest BCUT2D eigenvalue weighted by Gasteiger charge is -2.36. The molecule has 0 unspecified atom stereocenters. The molecule has 1 aromatic carbocycles. The van der Waals surface area contributed by atoms with Gasteiger partial charge in [0, 0.05) is 38.6 Å². The van der Waals surface area contributed by atoms with Gasteiger partial charge in [0.2, 0.25) is 5.91 Å². The standard InChI is InChI=1S/C21H33N3O2/c1-26-20-11-6-5-10-19(20)24-16-14-23(15-17-24)13-7-12-22-21(25)18-8-3-2-4-9-18/h5-6,10-11,18H,2-4,7-9,12-17H2,1H3,(H,22,25). The van der Waals surface area contributed by atoms with Crippen molar-refractivity contribution in [2.24, 2.45) is 5.92 Å². The van der Waals surface area contributed by atoms with E-state index < -0.39 is 0 Å². The Hall–Kier alpha value is -1.75. The minimum Gasteiger partial charge on any atom is -0.495 e. The molecule has 1 aliphatic heterocycles. The zero-order valence-electron chi connectivity index (χ0n) is 16.1. The minimum atomic E-state index is 0.271. The second-order valence-corrected chi connectivity index (χ2v) is 7.48. The SMILES string of the molecule is COc1ccccc1N1CCN(CCCNC(=O)C2CCCCC2)CC1. The van der Waals surface area contributed by atoms with E-state index in [4.69, 9.17) is 4.74 Å². The first-order valence-corrected chi connectivity index (χ1v) is 10.2.